The number of benzene rings is 1. The van der Waals surface area contributed by atoms with Crippen LogP contribution < -0.4 is 10.4 Å². The molecule has 0 saturated carbocycles. The monoisotopic (exact) mass is 250 g/mol. The average molecular weight is 251 g/mol. The van der Waals surface area contributed by atoms with E-state index in [0.29, 0.717) is 0 Å². The summed E-state index contributed by atoms with van der Waals surface area (Å²) in [5.74, 6) is 0. The van der Waals surface area contributed by atoms with Gasteiger partial charge in [-0.25, -0.2) is 0 Å². The first kappa shape index (κ1) is 13.7. The zero-order valence-electron chi connectivity index (χ0n) is 11.3. The first-order valence-corrected chi connectivity index (χ1v) is 11.3. The van der Waals surface area contributed by atoms with Crippen LogP contribution in [0.2, 0.25) is 24.2 Å². The second-order valence-corrected chi connectivity index (χ2v) is 12.1. The molecule has 0 spiro atoms. The highest BCUT2D eigenvalue weighted by Crippen LogP contribution is 2.02. The Balaban J connectivity index is 2.81. The van der Waals surface area contributed by atoms with E-state index in [0.717, 1.165) is 0 Å². The van der Waals surface area contributed by atoms with Gasteiger partial charge >= 0.3 is 0 Å². The number of hydrogen-bond acceptors (Lipinski definition) is 0. The molecule has 0 heterocycles. The van der Waals surface area contributed by atoms with Crippen molar-refractivity contribution in [2.75, 3.05) is 0 Å². The second kappa shape index (κ2) is 7.07. The summed E-state index contributed by atoms with van der Waals surface area (Å²) in [6.07, 6.45) is 0. The molecule has 1 rings (SSSR count). The minimum atomic E-state index is -0.605. The zero-order chi connectivity index (χ0) is 12.0. The molecule has 90 valence electrons. The van der Waals surface area contributed by atoms with Gasteiger partial charge in [0, 0.05) is 0 Å². The molecule has 1 aromatic rings. The Bertz CT molecular complexity index is 253. The Morgan fingerprint density at radius 2 is 0.875 bits per heavy atom. The van der Waals surface area contributed by atoms with Crippen LogP contribution in [0, 0.1) is 0 Å². The summed E-state index contributed by atoms with van der Waals surface area (Å²) in [7, 11) is -1.21. The van der Waals surface area contributed by atoms with E-state index in [4.69, 9.17) is 0 Å². The van der Waals surface area contributed by atoms with Crippen LogP contribution in [-0.4, -0.2) is 17.6 Å². The van der Waals surface area contributed by atoms with Crippen LogP contribution in [0.25, 0.3) is 0 Å². The summed E-state index contributed by atoms with van der Waals surface area (Å²) in [5.41, 5.74) is 0. The highest BCUT2D eigenvalue weighted by molar-refractivity contribution is 6.74. The number of hydrogen-bond donors (Lipinski definition) is 0. The Kier molecular flexibility index (Phi) is 6.06. The molecule has 0 aromatic heterocycles. The van der Waals surface area contributed by atoms with Crippen LogP contribution in [0.15, 0.2) is 24.3 Å². The van der Waals surface area contributed by atoms with Gasteiger partial charge in [0.1, 0.15) is 0 Å². The van der Waals surface area contributed by atoms with Gasteiger partial charge in [0.2, 0.25) is 0 Å². The summed E-state index contributed by atoms with van der Waals surface area (Å²) >= 11 is 0. The molecule has 0 N–H and O–H groups in total. The fourth-order valence-electron chi connectivity index (χ4n) is 2.56. The van der Waals surface area contributed by atoms with Gasteiger partial charge in [-0.05, 0) is 0 Å². The molecule has 0 aliphatic rings. The molecule has 0 nitrogen and oxygen atoms in total. The Labute approximate surface area is 104 Å². The predicted molar refractivity (Wildman–Crippen MR) is 81.9 cm³/mol. The lowest BCUT2D eigenvalue weighted by atomic mass is 10.4. The fraction of sp³-hybridized carbons (Fsp3) is 0.571. The molecule has 0 unspecified atom stereocenters. The van der Waals surface area contributed by atoms with E-state index in [9.17, 15) is 0 Å². The Morgan fingerprint density at radius 3 is 1.06 bits per heavy atom. The van der Waals surface area contributed by atoms with E-state index in [1.54, 1.807) is 10.4 Å². The molecule has 0 atom stereocenters. The third kappa shape index (κ3) is 3.32. The summed E-state index contributed by atoms with van der Waals surface area (Å²) < 4.78 is 0. The topological polar surface area (TPSA) is 0 Å². The van der Waals surface area contributed by atoms with Crippen molar-refractivity contribution >= 4 is 28.0 Å². The van der Waals surface area contributed by atoms with E-state index >= 15 is 0 Å². The van der Waals surface area contributed by atoms with Gasteiger partial charge in [0.15, 0.2) is 0 Å². The van der Waals surface area contributed by atoms with Crippen molar-refractivity contribution in [3.05, 3.63) is 24.3 Å². The third-order valence-corrected chi connectivity index (χ3v) is 10.4. The minimum absolute atomic E-state index is 0.605. The SMILES string of the molecule is CC[SiH](CC)c1ccc([SiH](CC)CC)cc1. The maximum absolute atomic E-state index is 2.44. The van der Waals surface area contributed by atoms with Gasteiger partial charge in [-0.2, -0.15) is 0 Å². The standard InChI is InChI=1S/C14H26Si2/c1-5-15(6-2)13-9-11-14(12-10-13)16(7-3)8-4/h9-12,15-16H,5-8H2,1-4H3. The highest BCUT2D eigenvalue weighted by Gasteiger charge is 2.11. The van der Waals surface area contributed by atoms with Crippen LogP contribution in [0.1, 0.15) is 27.7 Å². The Morgan fingerprint density at radius 1 is 0.625 bits per heavy atom. The lowest BCUT2D eigenvalue weighted by Crippen LogP contribution is -2.33. The van der Waals surface area contributed by atoms with Crippen LogP contribution in [0.5, 0.6) is 0 Å². The molecule has 0 bridgehead atoms. The van der Waals surface area contributed by atoms with E-state index in [1.165, 1.54) is 24.2 Å². The molecule has 2 heteroatoms. The Hall–Kier alpha value is -0.346. The van der Waals surface area contributed by atoms with Crippen molar-refractivity contribution in [1.82, 2.24) is 0 Å². The lowest BCUT2D eigenvalue weighted by molar-refractivity contribution is 1.32. The summed E-state index contributed by atoms with van der Waals surface area (Å²) in [6, 6.07) is 15.3. The smallest absolute Gasteiger partial charge is 0.0677 e. The van der Waals surface area contributed by atoms with E-state index in [2.05, 4.69) is 52.0 Å². The molecular weight excluding hydrogens is 224 g/mol. The van der Waals surface area contributed by atoms with Crippen molar-refractivity contribution in [3.8, 4) is 0 Å². The van der Waals surface area contributed by atoms with E-state index in [-0.39, 0.29) is 0 Å². The molecule has 0 fully saturated rings. The lowest BCUT2D eigenvalue weighted by Gasteiger charge is -2.14. The molecule has 0 aliphatic heterocycles. The van der Waals surface area contributed by atoms with Crippen molar-refractivity contribution in [2.24, 2.45) is 0 Å². The van der Waals surface area contributed by atoms with Crippen molar-refractivity contribution < 1.29 is 0 Å². The predicted octanol–water partition coefficient (Wildman–Crippen LogP) is 2.63. The zero-order valence-corrected chi connectivity index (χ0v) is 13.6. The largest absolute Gasteiger partial charge is 0.0702 e. The van der Waals surface area contributed by atoms with Crippen molar-refractivity contribution in [1.29, 1.82) is 0 Å². The average Bonchev–Trinajstić information content (AvgIpc) is 2.34. The second-order valence-electron chi connectivity index (χ2n) is 4.69. The third-order valence-electron chi connectivity index (χ3n) is 3.85. The minimum Gasteiger partial charge on any atom is -0.0677 e. The van der Waals surface area contributed by atoms with Crippen LogP contribution in [0.3, 0.4) is 0 Å². The van der Waals surface area contributed by atoms with Crippen molar-refractivity contribution in [2.45, 2.75) is 51.9 Å². The normalized spacial score (nSPS) is 11.4. The van der Waals surface area contributed by atoms with Gasteiger partial charge in [0.25, 0.3) is 0 Å². The molecule has 0 saturated heterocycles. The van der Waals surface area contributed by atoms with Crippen LogP contribution >= 0.6 is 0 Å². The van der Waals surface area contributed by atoms with Crippen molar-refractivity contribution in [3.63, 3.8) is 0 Å². The molecule has 0 amide bonds. The molecule has 16 heavy (non-hydrogen) atoms. The van der Waals surface area contributed by atoms with Gasteiger partial charge < -0.3 is 0 Å². The maximum atomic E-state index is 2.44. The fourth-order valence-corrected chi connectivity index (χ4v) is 7.07. The molecule has 1 aromatic carbocycles. The summed E-state index contributed by atoms with van der Waals surface area (Å²) in [6.45, 7) is 9.40. The van der Waals surface area contributed by atoms with Gasteiger partial charge in [-0.3, -0.25) is 0 Å². The molecule has 0 radical (unpaired) electrons. The van der Waals surface area contributed by atoms with E-state index in [1.807, 2.05) is 0 Å². The first-order chi connectivity index (χ1) is 7.76. The van der Waals surface area contributed by atoms with Crippen LogP contribution in [0.4, 0.5) is 0 Å². The first-order valence-electron chi connectivity index (χ1n) is 6.86. The quantitative estimate of drug-likeness (QED) is 0.681. The number of rotatable bonds is 6. The van der Waals surface area contributed by atoms with Gasteiger partial charge in [0.05, 0.1) is 17.6 Å². The van der Waals surface area contributed by atoms with Crippen LogP contribution in [-0.2, 0) is 0 Å². The maximum Gasteiger partial charge on any atom is 0.0702 e. The highest BCUT2D eigenvalue weighted by atomic mass is 28.3. The van der Waals surface area contributed by atoms with Gasteiger partial charge in [-0.15, -0.1) is 0 Å². The summed E-state index contributed by atoms with van der Waals surface area (Å²) in [4.78, 5) is 0. The molecule has 0 aliphatic carbocycles. The van der Waals surface area contributed by atoms with Gasteiger partial charge in [-0.1, -0.05) is 86.5 Å². The molecular formula is C14H26Si2. The van der Waals surface area contributed by atoms with E-state index < -0.39 is 17.6 Å². The summed E-state index contributed by atoms with van der Waals surface area (Å²) in [5, 5.41) is 3.35.